The number of aliphatic imine (C=N–C) groups is 1. The molecule has 0 aromatic carbocycles. The molecule has 2 nitrogen and oxygen atoms in total. The first-order valence-corrected chi connectivity index (χ1v) is 8.20. The lowest BCUT2D eigenvalue weighted by molar-refractivity contribution is 0.142. The molecule has 0 aromatic rings. The fourth-order valence-electron chi connectivity index (χ4n) is 4.40. The molecule has 1 saturated heterocycles. The lowest BCUT2D eigenvalue weighted by atomic mass is 9.69. The fraction of sp³-hybridized carbons (Fsp3) is 0.933. The molecule has 3 atom stereocenters. The lowest BCUT2D eigenvalue weighted by Gasteiger charge is -2.40. The van der Waals surface area contributed by atoms with Crippen LogP contribution in [0.3, 0.4) is 0 Å². The fourth-order valence-corrected chi connectivity index (χ4v) is 5.49. The SMILES string of the molecule is CC1(C)CSC(=NC2C3(C)CCC(C3)C2(C)C)N1. The van der Waals surface area contributed by atoms with Crippen LogP contribution in [0.4, 0.5) is 0 Å². The van der Waals surface area contributed by atoms with Crippen molar-refractivity contribution in [2.45, 2.75) is 65.5 Å². The Kier molecular flexibility index (Phi) is 2.62. The summed E-state index contributed by atoms with van der Waals surface area (Å²) in [5.41, 5.74) is 1.05. The number of hydrogen-bond acceptors (Lipinski definition) is 2. The van der Waals surface area contributed by atoms with Crippen molar-refractivity contribution >= 4 is 16.9 Å². The normalized spacial score (nSPS) is 46.6. The van der Waals surface area contributed by atoms with E-state index in [2.05, 4.69) is 39.9 Å². The minimum Gasteiger partial charge on any atom is -0.359 e. The standard InChI is InChI=1S/C15H26N2S/c1-13(2)9-18-12(17-13)16-11-14(3,4)10-6-7-15(11,5)8-10/h10-11H,6-9H2,1-5H3,(H,16,17). The molecule has 18 heavy (non-hydrogen) atoms. The van der Waals surface area contributed by atoms with Crippen LogP contribution < -0.4 is 5.32 Å². The van der Waals surface area contributed by atoms with Crippen LogP contribution in [0, 0.1) is 16.7 Å². The molecule has 2 bridgehead atoms. The summed E-state index contributed by atoms with van der Waals surface area (Å²) in [5, 5.41) is 4.77. The summed E-state index contributed by atoms with van der Waals surface area (Å²) in [6.45, 7) is 11.8. The highest BCUT2D eigenvalue weighted by atomic mass is 32.2. The molecular weight excluding hydrogens is 240 g/mol. The molecular formula is C15H26N2S. The van der Waals surface area contributed by atoms with Gasteiger partial charge in [-0.1, -0.05) is 32.5 Å². The van der Waals surface area contributed by atoms with Crippen molar-refractivity contribution in [2.24, 2.45) is 21.7 Å². The number of nitrogens with zero attached hydrogens (tertiary/aromatic N) is 1. The van der Waals surface area contributed by atoms with Gasteiger partial charge >= 0.3 is 0 Å². The van der Waals surface area contributed by atoms with Crippen molar-refractivity contribution in [2.75, 3.05) is 5.75 Å². The highest BCUT2D eigenvalue weighted by Gasteiger charge is 2.59. The molecule has 1 heterocycles. The lowest BCUT2D eigenvalue weighted by Crippen LogP contribution is -2.42. The highest BCUT2D eigenvalue weighted by Crippen LogP contribution is 2.63. The zero-order valence-electron chi connectivity index (χ0n) is 12.3. The van der Waals surface area contributed by atoms with Crippen molar-refractivity contribution in [1.82, 2.24) is 5.32 Å². The predicted octanol–water partition coefficient (Wildman–Crippen LogP) is 3.67. The second-order valence-corrected chi connectivity index (χ2v) is 9.01. The molecule has 102 valence electrons. The van der Waals surface area contributed by atoms with Gasteiger partial charge in [0.05, 0.1) is 6.04 Å². The van der Waals surface area contributed by atoms with Gasteiger partial charge in [-0.05, 0) is 49.9 Å². The molecule has 3 fully saturated rings. The molecule has 3 unspecified atom stereocenters. The minimum atomic E-state index is 0.214. The van der Waals surface area contributed by atoms with E-state index < -0.39 is 0 Å². The Morgan fingerprint density at radius 1 is 1.22 bits per heavy atom. The van der Waals surface area contributed by atoms with Crippen LogP contribution in [-0.2, 0) is 0 Å². The summed E-state index contributed by atoms with van der Waals surface area (Å²) in [4.78, 5) is 5.15. The predicted molar refractivity (Wildman–Crippen MR) is 80.1 cm³/mol. The molecule has 1 N–H and O–H groups in total. The number of fused-ring (bicyclic) bond motifs is 2. The smallest absolute Gasteiger partial charge is 0.157 e. The molecule has 3 aliphatic rings. The van der Waals surface area contributed by atoms with Crippen LogP contribution in [0.15, 0.2) is 4.99 Å². The van der Waals surface area contributed by atoms with E-state index in [-0.39, 0.29) is 5.54 Å². The van der Waals surface area contributed by atoms with Crippen LogP contribution in [-0.4, -0.2) is 22.5 Å². The first-order valence-electron chi connectivity index (χ1n) is 7.22. The Labute approximate surface area is 115 Å². The summed E-state index contributed by atoms with van der Waals surface area (Å²) in [6.07, 6.45) is 4.17. The van der Waals surface area contributed by atoms with Crippen LogP contribution in [0.25, 0.3) is 0 Å². The third-order valence-corrected chi connectivity index (χ3v) is 6.80. The first-order chi connectivity index (χ1) is 8.23. The van der Waals surface area contributed by atoms with Gasteiger partial charge in [-0.15, -0.1) is 0 Å². The Hall–Kier alpha value is -0.180. The number of rotatable bonds is 1. The first kappa shape index (κ1) is 12.8. The zero-order valence-corrected chi connectivity index (χ0v) is 13.2. The van der Waals surface area contributed by atoms with E-state index in [4.69, 9.17) is 4.99 Å². The molecule has 3 heteroatoms. The van der Waals surface area contributed by atoms with Crippen molar-refractivity contribution in [3.63, 3.8) is 0 Å². The van der Waals surface area contributed by atoms with E-state index in [9.17, 15) is 0 Å². The van der Waals surface area contributed by atoms with Crippen molar-refractivity contribution in [1.29, 1.82) is 0 Å². The molecule has 0 amide bonds. The molecule has 0 spiro atoms. The zero-order chi connectivity index (χ0) is 13.2. The Morgan fingerprint density at radius 3 is 2.44 bits per heavy atom. The summed E-state index contributed by atoms with van der Waals surface area (Å²) < 4.78 is 0. The summed E-state index contributed by atoms with van der Waals surface area (Å²) >= 11 is 1.90. The monoisotopic (exact) mass is 266 g/mol. The van der Waals surface area contributed by atoms with Crippen LogP contribution in [0.2, 0.25) is 0 Å². The molecule has 1 aliphatic heterocycles. The third kappa shape index (κ3) is 1.81. The second kappa shape index (κ2) is 3.68. The summed E-state index contributed by atoms with van der Waals surface area (Å²) in [6, 6.07) is 0.507. The van der Waals surface area contributed by atoms with E-state index in [0.29, 0.717) is 16.9 Å². The number of thioether (sulfide) groups is 1. The third-order valence-electron chi connectivity index (χ3n) is 5.46. The van der Waals surface area contributed by atoms with Gasteiger partial charge in [-0.2, -0.15) is 0 Å². The maximum atomic E-state index is 5.15. The Balaban J connectivity index is 1.87. The average molecular weight is 266 g/mol. The molecule has 0 aromatic heterocycles. The average Bonchev–Trinajstić information content (AvgIpc) is 2.83. The van der Waals surface area contributed by atoms with E-state index in [1.54, 1.807) is 0 Å². The van der Waals surface area contributed by atoms with Gasteiger partial charge in [-0.3, -0.25) is 4.99 Å². The van der Waals surface area contributed by atoms with E-state index >= 15 is 0 Å². The van der Waals surface area contributed by atoms with Crippen molar-refractivity contribution in [3.8, 4) is 0 Å². The Morgan fingerprint density at radius 2 is 1.94 bits per heavy atom. The number of nitrogens with one attached hydrogen (secondary N) is 1. The van der Waals surface area contributed by atoms with Crippen molar-refractivity contribution in [3.05, 3.63) is 0 Å². The van der Waals surface area contributed by atoms with Gasteiger partial charge in [-0.25, -0.2) is 0 Å². The van der Waals surface area contributed by atoms with E-state index in [1.807, 2.05) is 11.8 Å². The molecule has 3 rings (SSSR count). The largest absolute Gasteiger partial charge is 0.359 e. The van der Waals surface area contributed by atoms with Gasteiger partial charge in [0.2, 0.25) is 0 Å². The van der Waals surface area contributed by atoms with Crippen LogP contribution >= 0.6 is 11.8 Å². The quantitative estimate of drug-likeness (QED) is 0.783. The Bertz CT molecular complexity index is 395. The summed E-state index contributed by atoms with van der Waals surface area (Å²) in [7, 11) is 0. The summed E-state index contributed by atoms with van der Waals surface area (Å²) in [5.74, 6) is 2.02. The maximum absolute atomic E-state index is 5.15. The van der Waals surface area contributed by atoms with Crippen LogP contribution in [0.1, 0.15) is 53.9 Å². The molecule has 2 aliphatic carbocycles. The van der Waals surface area contributed by atoms with E-state index in [1.165, 1.54) is 24.4 Å². The minimum absolute atomic E-state index is 0.214. The van der Waals surface area contributed by atoms with Gasteiger partial charge in [0.15, 0.2) is 5.17 Å². The van der Waals surface area contributed by atoms with Crippen molar-refractivity contribution < 1.29 is 0 Å². The maximum Gasteiger partial charge on any atom is 0.157 e. The number of hydrogen-bond donors (Lipinski definition) is 1. The molecule has 0 radical (unpaired) electrons. The molecule has 2 saturated carbocycles. The van der Waals surface area contributed by atoms with Crippen LogP contribution in [0.5, 0.6) is 0 Å². The number of amidine groups is 1. The highest BCUT2D eigenvalue weighted by molar-refractivity contribution is 8.14. The van der Waals surface area contributed by atoms with Gasteiger partial charge in [0, 0.05) is 11.3 Å². The van der Waals surface area contributed by atoms with E-state index in [0.717, 1.165) is 11.7 Å². The van der Waals surface area contributed by atoms with Gasteiger partial charge in [0.1, 0.15) is 0 Å². The van der Waals surface area contributed by atoms with Gasteiger partial charge < -0.3 is 5.32 Å². The van der Waals surface area contributed by atoms with Gasteiger partial charge in [0.25, 0.3) is 0 Å². The second-order valence-electron chi connectivity index (χ2n) is 8.05. The topological polar surface area (TPSA) is 24.4 Å².